The SMILES string of the molecule is CC(C)(C)OC(=O)N(Cc1cccs1)c1cc(Cl)nc2c(Br)c([C@@H]3CCOC[C@H]3OS(C)(=O)=O)sc12. The first-order chi connectivity index (χ1) is 16.8. The Morgan fingerprint density at radius 2 is 2.14 bits per heavy atom. The predicted molar refractivity (Wildman–Crippen MR) is 147 cm³/mol. The largest absolute Gasteiger partial charge is 0.443 e. The Balaban J connectivity index is 1.83. The Kier molecular flexibility index (Phi) is 8.35. The van der Waals surface area contributed by atoms with Crippen LogP contribution >= 0.6 is 50.2 Å². The average molecular weight is 638 g/mol. The molecule has 0 unspecified atom stereocenters. The van der Waals surface area contributed by atoms with E-state index in [1.165, 1.54) is 22.7 Å². The topological polar surface area (TPSA) is 95.0 Å². The number of rotatable bonds is 6. The molecule has 1 aliphatic rings. The van der Waals surface area contributed by atoms with E-state index in [9.17, 15) is 13.2 Å². The standard InChI is InChI=1S/C23H26BrClN2O6S3/c1-23(2,3)32-22(28)27(11-13-6-5-9-34-13)15-10-17(25)26-19-18(24)20(35-21(15)19)14-7-8-31-12-16(14)33-36(4,29)30/h5-6,9-10,14,16H,7-8,11-12H2,1-4H3/t14-,16-/m1/s1. The van der Waals surface area contributed by atoms with Gasteiger partial charge in [0.1, 0.15) is 16.9 Å². The lowest BCUT2D eigenvalue weighted by molar-refractivity contribution is -0.00344. The average Bonchev–Trinajstić information content (AvgIpc) is 3.38. The molecule has 1 fully saturated rings. The zero-order valence-electron chi connectivity index (χ0n) is 20.1. The molecule has 1 amide bonds. The number of anilines is 1. The summed E-state index contributed by atoms with van der Waals surface area (Å²) in [6, 6.07) is 5.53. The fraction of sp³-hybridized carbons (Fsp3) is 0.478. The van der Waals surface area contributed by atoms with Crippen molar-refractivity contribution in [3.63, 3.8) is 0 Å². The van der Waals surface area contributed by atoms with E-state index in [4.69, 9.17) is 25.3 Å². The Morgan fingerprint density at radius 3 is 2.78 bits per heavy atom. The third-order valence-electron chi connectivity index (χ3n) is 5.30. The molecule has 0 spiro atoms. The van der Waals surface area contributed by atoms with Gasteiger partial charge in [-0.1, -0.05) is 17.7 Å². The summed E-state index contributed by atoms with van der Waals surface area (Å²) in [4.78, 5) is 21.3. The molecule has 3 aromatic heterocycles. The maximum absolute atomic E-state index is 13.4. The Labute approximate surface area is 231 Å². The highest BCUT2D eigenvalue weighted by Gasteiger charge is 2.35. The van der Waals surface area contributed by atoms with Crippen LogP contribution in [-0.4, -0.2) is 50.7 Å². The van der Waals surface area contributed by atoms with Gasteiger partial charge in [-0.05, 0) is 54.6 Å². The minimum Gasteiger partial charge on any atom is -0.443 e. The van der Waals surface area contributed by atoms with Gasteiger partial charge in [0.05, 0.1) is 39.8 Å². The molecule has 196 valence electrons. The number of aromatic nitrogens is 1. The quantitative estimate of drug-likeness (QED) is 0.223. The van der Waals surface area contributed by atoms with E-state index >= 15 is 0 Å². The summed E-state index contributed by atoms with van der Waals surface area (Å²) in [6.45, 7) is 6.37. The van der Waals surface area contributed by atoms with Gasteiger partial charge >= 0.3 is 6.09 Å². The molecular weight excluding hydrogens is 612 g/mol. The zero-order valence-corrected chi connectivity index (χ0v) is 24.9. The predicted octanol–water partition coefficient (Wildman–Crippen LogP) is 6.56. The minimum absolute atomic E-state index is 0.155. The molecule has 8 nitrogen and oxygen atoms in total. The van der Waals surface area contributed by atoms with Crippen LogP contribution in [0.3, 0.4) is 0 Å². The molecule has 13 heteroatoms. The number of halogens is 2. The summed E-state index contributed by atoms with van der Waals surface area (Å²) >= 11 is 13.1. The number of fused-ring (bicyclic) bond motifs is 1. The molecule has 0 bridgehead atoms. The van der Waals surface area contributed by atoms with E-state index in [0.29, 0.717) is 35.2 Å². The normalized spacial score (nSPS) is 18.9. The van der Waals surface area contributed by atoms with E-state index in [1.54, 1.807) is 11.0 Å². The number of carbonyl (C=O) groups excluding carboxylic acids is 1. The minimum atomic E-state index is -3.69. The van der Waals surface area contributed by atoms with Crippen molar-refractivity contribution >= 4 is 82.3 Å². The molecule has 3 aromatic rings. The molecule has 2 atom stereocenters. The second kappa shape index (κ2) is 10.8. The van der Waals surface area contributed by atoms with Crippen LogP contribution in [0.15, 0.2) is 28.1 Å². The van der Waals surface area contributed by atoms with Gasteiger partial charge in [0.2, 0.25) is 0 Å². The fourth-order valence-electron chi connectivity index (χ4n) is 3.90. The number of amides is 1. The molecule has 0 radical (unpaired) electrons. The molecule has 0 aliphatic carbocycles. The maximum Gasteiger partial charge on any atom is 0.415 e. The lowest BCUT2D eigenvalue weighted by Crippen LogP contribution is -2.36. The van der Waals surface area contributed by atoms with E-state index < -0.39 is 27.9 Å². The van der Waals surface area contributed by atoms with Crippen molar-refractivity contribution in [2.75, 3.05) is 24.4 Å². The van der Waals surface area contributed by atoms with E-state index in [2.05, 4.69) is 20.9 Å². The summed E-state index contributed by atoms with van der Waals surface area (Å²) in [6.07, 6.45) is 0.418. The van der Waals surface area contributed by atoms with Crippen molar-refractivity contribution in [2.45, 2.75) is 51.4 Å². The highest BCUT2D eigenvalue weighted by Crippen LogP contribution is 2.47. The van der Waals surface area contributed by atoms with Gasteiger partial charge in [0.15, 0.2) is 0 Å². The number of carbonyl (C=O) groups is 1. The molecule has 0 saturated carbocycles. The van der Waals surface area contributed by atoms with Crippen molar-refractivity contribution < 1.29 is 26.9 Å². The van der Waals surface area contributed by atoms with Crippen LogP contribution in [-0.2, 0) is 30.3 Å². The number of nitrogens with zero attached hydrogens (tertiary/aromatic N) is 2. The van der Waals surface area contributed by atoms with Crippen molar-refractivity contribution in [1.29, 1.82) is 0 Å². The monoisotopic (exact) mass is 636 g/mol. The van der Waals surface area contributed by atoms with Crippen LogP contribution in [0.5, 0.6) is 0 Å². The maximum atomic E-state index is 13.4. The fourth-order valence-corrected chi connectivity index (χ4v) is 7.72. The van der Waals surface area contributed by atoms with Gasteiger partial charge in [-0.3, -0.25) is 9.08 Å². The summed E-state index contributed by atoms with van der Waals surface area (Å²) in [5.74, 6) is -0.249. The molecule has 36 heavy (non-hydrogen) atoms. The Morgan fingerprint density at radius 1 is 1.39 bits per heavy atom. The number of ether oxygens (including phenoxy) is 2. The Hall–Kier alpha value is -1.28. The molecule has 1 aliphatic heterocycles. The summed E-state index contributed by atoms with van der Waals surface area (Å²) in [5, 5.41) is 2.17. The number of hydrogen-bond acceptors (Lipinski definition) is 9. The lowest BCUT2D eigenvalue weighted by Gasteiger charge is -2.30. The second-order valence-corrected chi connectivity index (χ2v) is 14.2. The lowest BCUT2D eigenvalue weighted by atomic mass is 9.95. The van der Waals surface area contributed by atoms with Crippen LogP contribution in [0, 0.1) is 0 Å². The zero-order chi connectivity index (χ0) is 26.3. The molecular formula is C23H26BrClN2O6S3. The van der Waals surface area contributed by atoms with Gasteiger partial charge < -0.3 is 9.47 Å². The van der Waals surface area contributed by atoms with Gasteiger partial charge in [-0.2, -0.15) is 8.42 Å². The van der Waals surface area contributed by atoms with Crippen molar-refractivity contribution in [3.05, 3.63) is 43.0 Å². The number of pyridine rings is 1. The third-order valence-corrected chi connectivity index (χ3v) is 9.35. The van der Waals surface area contributed by atoms with Gasteiger partial charge in [0.25, 0.3) is 10.1 Å². The van der Waals surface area contributed by atoms with Crippen LogP contribution < -0.4 is 4.90 Å². The van der Waals surface area contributed by atoms with Crippen LogP contribution in [0.4, 0.5) is 10.5 Å². The van der Waals surface area contributed by atoms with Crippen molar-refractivity contribution in [2.24, 2.45) is 0 Å². The van der Waals surface area contributed by atoms with Crippen molar-refractivity contribution in [3.8, 4) is 0 Å². The number of thiophene rings is 2. The number of hydrogen-bond donors (Lipinski definition) is 0. The van der Waals surface area contributed by atoms with E-state index in [0.717, 1.165) is 20.7 Å². The third kappa shape index (κ3) is 6.58. The summed E-state index contributed by atoms with van der Waals surface area (Å²) in [5.41, 5.74) is 0.458. The molecule has 0 N–H and O–H groups in total. The molecule has 0 aromatic carbocycles. The summed E-state index contributed by atoms with van der Waals surface area (Å²) in [7, 11) is -3.69. The first-order valence-electron chi connectivity index (χ1n) is 11.1. The molecule has 4 heterocycles. The van der Waals surface area contributed by atoms with E-state index in [1.807, 2.05) is 38.3 Å². The molecule has 4 rings (SSSR count). The van der Waals surface area contributed by atoms with E-state index in [-0.39, 0.29) is 17.7 Å². The summed E-state index contributed by atoms with van der Waals surface area (Å²) < 4.78 is 41.8. The highest BCUT2D eigenvalue weighted by molar-refractivity contribution is 9.10. The van der Waals surface area contributed by atoms with Gasteiger partial charge in [-0.15, -0.1) is 22.7 Å². The van der Waals surface area contributed by atoms with Gasteiger partial charge in [-0.25, -0.2) is 9.78 Å². The van der Waals surface area contributed by atoms with Gasteiger partial charge in [0, 0.05) is 28.3 Å². The highest BCUT2D eigenvalue weighted by atomic mass is 79.9. The smallest absolute Gasteiger partial charge is 0.415 e. The first-order valence-corrected chi connectivity index (χ1v) is 15.8. The Bertz CT molecular complexity index is 1350. The van der Waals surface area contributed by atoms with Crippen LogP contribution in [0.25, 0.3) is 10.2 Å². The van der Waals surface area contributed by atoms with Crippen LogP contribution in [0.1, 0.15) is 42.9 Å². The second-order valence-electron chi connectivity index (χ2n) is 9.38. The molecule has 1 saturated heterocycles. The van der Waals surface area contributed by atoms with Crippen molar-refractivity contribution in [1.82, 2.24) is 4.98 Å². The van der Waals surface area contributed by atoms with Crippen LogP contribution in [0.2, 0.25) is 5.15 Å². The first kappa shape index (κ1) is 27.7.